The minimum absolute atomic E-state index is 0.588. The van der Waals surface area contributed by atoms with Gasteiger partial charge >= 0.3 is 0 Å². The molecule has 0 aliphatic carbocycles. The number of unbranched alkanes of at least 4 members (excludes halogenated alkanes) is 2. The van der Waals surface area contributed by atoms with Crippen molar-refractivity contribution in [1.82, 2.24) is 14.4 Å². The Labute approximate surface area is 190 Å². The van der Waals surface area contributed by atoms with E-state index in [4.69, 9.17) is 28.2 Å². The van der Waals surface area contributed by atoms with Gasteiger partial charge in [0.15, 0.2) is 5.65 Å². The predicted octanol–water partition coefficient (Wildman–Crippen LogP) is 7.31. The maximum atomic E-state index is 6.50. The number of rotatable bonds is 10. The zero-order valence-electron chi connectivity index (χ0n) is 18.5. The number of aromatic nitrogens is 3. The van der Waals surface area contributed by atoms with Crippen molar-refractivity contribution in [2.24, 2.45) is 5.92 Å². The maximum absolute atomic E-state index is 6.50. The molecule has 0 atom stereocenters. The molecule has 3 aromatic rings. The summed E-state index contributed by atoms with van der Waals surface area (Å²) in [7, 11) is 0. The highest BCUT2D eigenvalue weighted by molar-refractivity contribution is 6.36. The number of fused-ring (bicyclic) bond motifs is 1. The van der Waals surface area contributed by atoms with Gasteiger partial charge in [-0.1, -0.05) is 63.7 Å². The Morgan fingerprint density at radius 3 is 2.57 bits per heavy atom. The van der Waals surface area contributed by atoms with Gasteiger partial charge in [0.05, 0.1) is 10.7 Å². The summed E-state index contributed by atoms with van der Waals surface area (Å²) in [5, 5.41) is 1.20. The van der Waals surface area contributed by atoms with Gasteiger partial charge in [0.2, 0.25) is 0 Å². The number of aryl methyl sites for hydroxylation is 1. The van der Waals surface area contributed by atoms with Crippen LogP contribution in [-0.2, 0) is 6.42 Å². The number of nitrogens with zero attached hydrogens (tertiary/aromatic N) is 4. The first-order valence-corrected chi connectivity index (χ1v) is 11.8. The summed E-state index contributed by atoms with van der Waals surface area (Å²) >= 11 is 12.6. The minimum Gasteiger partial charge on any atom is -0.356 e. The fourth-order valence-corrected chi connectivity index (χ4v) is 4.24. The third kappa shape index (κ3) is 5.09. The van der Waals surface area contributed by atoms with Crippen molar-refractivity contribution in [2.45, 2.75) is 59.8 Å². The molecule has 4 nitrogen and oxygen atoms in total. The first kappa shape index (κ1) is 22.9. The van der Waals surface area contributed by atoms with Crippen LogP contribution in [0.3, 0.4) is 0 Å². The van der Waals surface area contributed by atoms with Crippen molar-refractivity contribution in [3.05, 3.63) is 46.3 Å². The molecule has 30 heavy (non-hydrogen) atoms. The number of halogens is 2. The van der Waals surface area contributed by atoms with E-state index in [0.29, 0.717) is 16.0 Å². The van der Waals surface area contributed by atoms with E-state index in [1.807, 2.05) is 24.5 Å². The van der Waals surface area contributed by atoms with Crippen LogP contribution < -0.4 is 4.90 Å². The highest BCUT2D eigenvalue weighted by Crippen LogP contribution is 2.34. The van der Waals surface area contributed by atoms with Crippen molar-refractivity contribution in [3.63, 3.8) is 0 Å². The molecule has 2 heterocycles. The molecule has 0 bridgehead atoms. The van der Waals surface area contributed by atoms with Gasteiger partial charge in [-0.2, -0.15) is 0 Å². The molecule has 0 saturated heterocycles. The minimum atomic E-state index is 0.588. The van der Waals surface area contributed by atoms with E-state index in [1.54, 1.807) is 6.07 Å². The molecule has 0 saturated carbocycles. The van der Waals surface area contributed by atoms with E-state index in [2.05, 4.69) is 42.0 Å². The molecule has 1 aromatic carbocycles. The largest absolute Gasteiger partial charge is 0.356 e. The molecule has 3 rings (SSSR count). The highest BCUT2D eigenvalue weighted by atomic mass is 35.5. The van der Waals surface area contributed by atoms with Crippen molar-refractivity contribution in [3.8, 4) is 11.3 Å². The third-order valence-corrected chi connectivity index (χ3v) is 5.96. The third-order valence-electron chi connectivity index (χ3n) is 5.42. The summed E-state index contributed by atoms with van der Waals surface area (Å²) in [4.78, 5) is 12.2. The predicted molar refractivity (Wildman–Crippen MR) is 129 cm³/mol. The number of imidazole rings is 1. The first-order chi connectivity index (χ1) is 14.5. The monoisotopic (exact) mass is 446 g/mol. The zero-order valence-corrected chi connectivity index (χ0v) is 20.0. The molecular formula is C24H32Cl2N4. The quantitative estimate of drug-likeness (QED) is 0.306. The van der Waals surface area contributed by atoms with Crippen molar-refractivity contribution in [2.75, 3.05) is 18.0 Å². The number of benzene rings is 1. The van der Waals surface area contributed by atoms with Crippen LogP contribution in [0.2, 0.25) is 10.0 Å². The topological polar surface area (TPSA) is 33.4 Å². The van der Waals surface area contributed by atoms with Gasteiger partial charge in [0, 0.05) is 36.1 Å². The van der Waals surface area contributed by atoms with Crippen LogP contribution in [0.5, 0.6) is 0 Å². The fraction of sp³-hybridized carbons (Fsp3) is 0.500. The average molecular weight is 447 g/mol. The second kappa shape index (κ2) is 10.5. The average Bonchev–Trinajstić information content (AvgIpc) is 3.09. The Balaban J connectivity index is 2.11. The van der Waals surface area contributed by atoms with E-state index >= 15 is 0 Å². The van der Waals surface area contributed by atoms with Crippen LogP contribution in [-0.4, -0.2) is 27.5 Å². The second-order valence-electron chi connectivity index (χ2n) is 8.21. The molecule has 0 fully saturated rings. The Morgan fingerprint density at radius 1 is 1.10 bits per heavy atom. The lowest BCUT2D eigenvalue weighted by molar-refractivity contribution is 0.558. The smallest absolute Gasteiger partial charge is 0.165 e. The summed E-state index contributed by atoms with van der Waals surface area (Å²) in [5.41, 5.74) is 3.59. The van der Waals surface area contributed by atoms with E-state index in [0.717, 1.165) is 48.5 Å². The fourth-order valence-electron chi connectivity index (χ4n) is 3.75. The van der Waals surface area contributed by atoms with Crippen LogP contribution in [0, 0.1) is 5.92 Å². The normalized spacial score (nSPS) is 11.6. The standard InChI is InChI=1S/C24H32Cl2N4/c1-5-7-8-13-29(14-11-17(3)4)24-21(6-2)28-23-22(27-12-15-30(23)24)19-10-9-18(25)16-20(19)26/h9-10,12,15-17H,5-8,11,13-14H2,1-4H3. The molecule has 0 spiro atoms. The van der Waals surface area contributed by atoms with E-state index in [1.165, 1.54) is 25.1 Å². The van der Waals surface area contributed by atoms with Gasteiger partial charge < -0.3 is 4.90 Å². The van der Waals surface area contributed by atoms with Gasteiger partial charge in [-0.15, -0.1) is 0 Å². The van der Waals surface area contributed by atoms with Crippen LogP contribution in [0.25, 0.3) is 16.9 Å². The summed E-state index contributed by atoms with van der Waals surface area (Å²) in [6.07, 6.45) is 9.53. The molecule has 0 radical (unpaired) electrons. The van der Waals surface area contributed by atoms with E-state index in [9.17, 15) is 0 Å². The summed E-state index contributed by atoms with van der Waals surface area (Å²) in [5.74, 6) is 1.85. The molecule has 0 amide bonds. The summed E-state index contributed by atoms with van der Waals surface area (Å²) in [6, 6.07) is 5.52. The van der Waals surface area contributed by atoms with E-state index < -0.39 is 0 Å². The Kier molecular flexibility index (Phi) is 8.01. The van der Waals surface area contributed by atoms with Crippen molar-refractivity contribution < 1.29 is 0 Å². The van der Waals surface area contributed by atoms with Gasteiger partial charge in [0.25, 0.3) is 0 Å². The Hall–Kier alpha value is -1.78. The summed E-state index contributed by atoms with van der Waals surface area (Å²) in [6.45, 7) is 11.1. The van der Waals surface area contributed by atoms with Crippen LogP contribution >= 0.6 is 23.2 Å². The Morgan fingerprint density at radius 2 is 1.90 bits per heavy atom. The van der Waals surface area contributed by atoms with Gasteiger partial charge in [0.1, 0.15) is 11.5 Å². The van der Waals surface area contributed by atoms with Crippen LogP contribution in [0.1, 0.15) is 59.1 Å². The SMILES string of the molecule is CCCCCN(CCC(C)C)c1c(CC)nc2c(-c3ccc(Cl)cc3Cl)nccn12. The first-order valence-electron chi connectivity index (χ1n) is 11.0. The Bertz CT molecular complexity index is 981. The van der Waals surface area contributed by atoms with Crippen LogP contribution in [0.4, 0.5) is 5.82 Å². The van der Waals surface area contributed by atoms with Crippen molar-refractivity contribution in [1.29, 1.82) is 0 Å². The van der Waals surface area contributed by atoms with Crippen LogP contribution in [0.15, 0.2) is 30.6 Å². The lowest BCUT2D eigenvalue weighted by atomic mass is 10.1. The molecule has 0 aliphatic heterocycles. The molecule has 6 heteroatoms. The number of hydrogen-bond acceptors (Lipinski definition) is 3. The second-order valence-corrected chi connectivity index (χ2v) is 9.05. The molecule has 162 valence electrons. The highest BCUT2D eigenvalue weighted by Gasteiger charge is 2.21. The summed E-state index contributed by atoms with van der Waals surface area (Å²) < 4.78 is 2.19. The van der Waals surface area contributed by atoms with Gasteiger partial charge in [-0.05, 0) is 43.4 Å². The molecule has 0 aliphatic rings. The number of anilines is 1. The molecular weight excluding hydrogens is 415 g/mol. The number of hydrogen-bond donors (Lipinski definition) is 0. The maximum Gasteiger partial charge on any atom is 0.165 e. The van der Waals surface area contributed by atoms with Gasteiger partial charge in [-0.25, -0.2) is 4.98 Å². The van der Waals surface area contributed by atoms with Gasteiger partial charge in [-0.3, -0.25) is 9.38 Å². The lowest BCUT2D eigenvalue weighted by Gasteiger charge is -2.26. The molecule has 0 unspecified atom stereocenters. The molecule has 0 N–H and O–H groups in total. The van der Waals surface area contributed by atoms with E-state index in [-0.39, 0.29) is 0 Å². The lowest BCUT2D eigenvalue weighted by Crippen LogP contribution is -2.28. The zero-order chi connectivity index (χ0) is 21.7. The molecule has 2 aromatic heterocycles. The van der Waals surface area contributed by atoms with Crippen molar-refractivity contribution >= 4 is 34.7 Å².